The standard InChI is InChI=1S/C19H22N2O4/c1-5-17(25-18-10-12(2)6-7-14(18)4)19(22)20-16-11-15(21(23)24)9-8-13(16)3/h6-11,17H,5H2,1-4H3,(H,20,22)/t17-/m0/s1. The highest BCUT2D eigenvalue weighted by Gasteiger charge is 2.21. The van der Waals surface area contributed by atoms with Crippen molar-refractivity contribution < 1.29 is 14.5 Å². The van der Waals surface area contributed by atoms with E-state index in [0.717, 1.165) is 16.7 Å². The zero-order valence-corrected chi connectivity index (χ0v) is 14.8. The Bertz CT molecular complexity index is 802. The average molecular weight is 342 g/mol. The van der Waals surface area contributed by atoms with E-state index in [1.54, 1.807) is 13.0 Å². The van der Waals surface area contributed by atoms with Crippen LogP contribution in [0, 0.1) is 30.9 Å². The van der Waals surface area contributed by atoms with Gasteiger partial charge in [-0.15, -0.1) is 0 Å². The summed E-state index contributed by atoms with van der Waals surface area (Å²) in [6.45, 7) is 7.52. The summed E-state index contributed by atoms with van der Waals surface area (Å²) in [5, 5.41) is 13.7. The van der Waals surface area contributed by atoms with Crippen LogP contribution in [0.3, 0.4) is 0 Å². The number of amides is 1. The first kappa shape index (κ1) is 18.4. The number of nitro benzene ring substituents is 1. The monoisotopic (exact) mass is 342 g/mol. The van der Waals surface area contributed by atoms with E-state index in [-0.39, 0.29) is 11.6 Å². The predicted octanol–water partition coefficient (Wildman–Crippen LogP) is 4.32. The van der Waals surface area contributed by atoms with Gasteiger partial charge in [0, 0.05) is 12.1 Å². The fourth-order valence-electron chi connectivity index (χ4n) is 2.38. The molecule has 2 rings (SSSR count). The summed E-state index contributed by atoms with van der Waals surface area (Å²) in [5.41, 5.74) is 3.10. The van der Waals surface area contributed by atoms with Crippen LogP contribution in [0.2, 0.25) is 0 Å². The molecule has 0 saturated carbocycles. The molecule has 6 heteroatoms. The third kappa shape index (κ3) is 4.56. The fraction of sp³-hybridized carbons (Fsp3) is 0.316. The molecule has 1 amide bonds. The Kier molecular flexibility index (Phi) is 5.75. The molecule has 0 bridgehead atoms. The number of hydrogen-bond donors (Lipinski definition) is 1. The zero-order chi connectivity index (χ0) is 18.6. The molecule has 132 valence electrons. The number of nitrogens with zero attached hydrogens (tertiary/aromatic N) is 1. The number of nitro groups is 1. The van der Waals surface area contributed by atoms with Crippen LogP contribution in [-0.4, -0.2) is 16.9 Å². The van der Waals surface area contributed by atoms with E-state index < -0.39 is 11.0 Å². The van der Waals surface area contributed by atoms with Gasteiger partial charge in [-0.25, -0.2) is 0 Å². The molecule has 0 aromatic heterocycles. The number of rotatable bonds is 6. The van der Waals surface area contributed by atoms with Crippen LogP contribution in [0.4, 0.5) is 11.4 Å². The minimum Gasteiger partial charge on any atom is -0.480 e. The summed E-state index contributed by atoms with van der Waals surface area (Å²) in [6, 6.07) is 10.2. The zero-order valence-electron chi connectivity index (χ0n) is 14.8. The number of carbonyl (C=O) groups excluding carboxylic acids is 1. The number of nitrogens with one attached hydrogen (secondary N) is 1. The van der Waals surface area contributed by atoms with Gasteiger partial charge in [-0.05, 0) is 49.9 Å². The molecule has 6 nitrogen and oxygen atoms in total. The van der Waals surface area contributed by atoms with Crippen molar-refractivity contribution in [3.05, 3.63) is 63.2 Å². The Labute approximate surface area is 147 Å². The van der Waals surface area contributed by atoms with Crippen molar-refractivity contribution in [3.8, 4) is 5.75 Å². The summed E-state index contributed by atoms with van der Waals surface area (Å²) in [7, 11) is 0. The van der Waals surface area contributed by atoms with Crippen LogP contribution in [0.1, 0.15) is 30.0 Å². The SMILES string of the molecule is CC[C@H](Oc1cc(C)ccc1C)C(=O)Nc1cc([N+](=O)[O-])ccc1C. The van der Waals surface area contributed by atoms with E-state index in [1.165, 1.54) is 12.1 Å². The third-order valence-electron chi connectivity index (χ3n) is 3.97. The Hall–Kier alpha value is -2.89. The second-order valence-electron chi connectivity index (χ2n) is 6.03. The van der Waals surface area contributed by atoms with Gasteiger partial charge in [0.25, 0.3) is 11.6 Å². The average Bonchev–Trinajstić information content (AvgIpc) is 2.57. The van der Waals surface area contributed by atoms with Gasteiger partial charge in [0.05, 0.1) is 10.6 Å². The first-order valence-electron chi connectivity index (χ1n) is 8.11. The molecule has 1 N–H and O–H groups in total. The van der Waals surface area contributed by atoms with Crippen molar-refractivity contribution in [3.63, 3.8) is 0 Å². The van der Waals surface area contributed by atoms with Crippen molar-refractivity contribution in [2.75, 3.05) is 5.32 Å². The van der Waals surface area contributed by atoms with Gasteiger partial charge in [0.15, 0.2) is 6.10 Å². The van der Waals surface area contributed by atoms with Crippen molar-refractivity contribution in [1.29, 1.82) is 0 Å². The minimum atomic E-state index is -0.681. The Balaban J connectivity index is 2.19. The van der Waals surface area contributed by atoms with Crippen LogP contribution >= 0.6 is 0 Å². The minimum absolute atomic E-state index is 0.0654. The molecule has 2 aromatic carbocycles. The summed E-state index contributed by atoms with van der Waals surface area (Å²) in [6.07, 6.45) is -0.202. The van der Waals surface area contributed by atoms with Gasteiger partial charge < -0.3 is 10.1 Å². The van der Waals surface area contributed by atoms with Gasteiger partial charge in [-0.3, -0.25) is 14.9 Å². The van der Waals surface area contributed by atoms with E-state index in [0.29, 0.717) is 17.9 Å². The molecule has 0 fully saturated rings. The normalized spacial score (nSPS) is 11.7. The highest BCUT2D eigenvalue weighted by molar-refractivity contribution is 5.95. The lowest BCUT2D eigenvalue weighted by Crippen LogP contribution is -2.32. The van der Waals surface area contributed by atoms with Crippen LogP contribution in [0.25, 0.3) is 0 Å². The van der Waals surface area contributed by atoms with E-state index in [9.17, 15) is 14.9 Å². The maximum Gasteiger partial charge on any atom is 0.271 e. The molecule has 0 heterocycles. The largest absolute Gasteiger partial charge is 0.480 e. The molecular formula is C19H22N2O4. The highest BCUT2D eigenvalue weighted by Crippen LogP contribution is 2.24. The van der Waals surface area contributed by atoms with Crippen LogP contribution in [0.15, 0.2) is 36.4 Å². The molecule has 25 heavy (non-hydrogen) atoms. The number of ether oxygens (including phenoxy) is 1. The van der Waals surface area contributed by atoms with Crippen LogP contribution in [0.5, 0.6) is 5.75 Å². The molecule has 1 atom stereocenters. The molecule has 0 aliphatic carbocycles. The third-order valence-corrected chi connectivity index (χ3v) is 3.97. The lowest BCUT2D eigenvalue weighted by molar-refractivity contribution is -0.384. The lowest BCUT2D eigenvalue weighted by atomic mass is 10.1. The van der Waals surface area contributed by atoms with Crippen molar-refractivity contribution in [2.45, 2.75) is 40.2 Å². The topological polar surface area (TPSA) is 81.5 Å². The fourth-order valence-corrected chi connectivity index (χ4v) is 2.38. The van der Waals surface area contributed by atoms with E-state index >= 15 is 0 Å². The smallest absolute Gasteiger partial charge is 0.271 e. The maximum atomic E-state index is 12.6. The summed E-state index contributed by atoms with van der Waals surface area (Å²) >= 11 is 0. The van der Waals surface area contributed by atoms with Gasteiger partial charge >= 0.3 is 0 Å². The first-order chi connectivity index (χ1) is 11.8. The highest BCUT2D eigenvalue weighted by atomic mass is 16.6. The Morgan fingerprint density at radius 3 is 2.48 bits per heavy atom. The molecule has 0 spiro atoms. The number of aryl methyl sites for hydroxylation is 3. The van der Waals surface area contributed by atoms with E-state index in [1.807, 2.05) is 39.0 Å². The van der Waals surface area contributed by atoms with Crippen LogP contribution in [-0.2, 0) is 4.79 Å². The van der Waals surface area contributed by atoms with Gasteiger partial charge in [0.2, 0.25) is 0 Å². The van der Waals surface area contributed by atoms with Crippen molar-refractivity contribution in [1.82, 2.24) is 0 Å². The summed E-state index contributed by atoms with van der Waals surface area (Å²) in [4.78, 5) is 23.0. The number of anilines is 1. The van der Waals surface area contributed by atoms with Crippen molar-refractivity contribution in [2.24, 2.45) is 0 Å². The number of benzene rings is 2. The maximum absolute atomic E-state index is 12.6. The molecule has 0 radical (unpaired) electrons. The number of hydrogen-bond acceptors (Lipinski definition) is 4. The Morgan fingerprint density at radius 2 is 1.84 bits per heavy atom. The second kappa shape index (κ2) is 7.79. The number of non-ortho nitro benzene ring substituents is 1. The lowest BCUT2D eigenvalue weighted by Gasteiger charge is -2.19. The predicted molar refractivity (Wildman–Crippen MR) is 97.1 cm³/mol. The summed E-state index contributed by atoms with van der Waals surface area (Å²) < 4.78 is 5.88. The Morgan fingerprint density at radius 1 is 1.16 bits per heavy atom. The van der Waals surface area contributed by atoms with E-state index in [4.69, 9.17) is 4.74 Å². The number of carbonyl (C=O) groups is 1. The van der Waals surface area contributed by atoms with Gasteiger partial charge in [-0.2, -0.15) is 0 Å². The molecule has 0 unspecified atom stereocenters. The van der Waals surface area contributed by atoms with Gasteiger partial charge in [-0.1, -0.05) is 25.1 Å². The molecule has 2 aromatic rings. The van der Waals surface area contributed by atoms with Crippen molar-refractivity contribution >= 4 is 17.3 Å². The quantitative estimate of drug-likeness (QED) is 0.626. The van der Waals surface area contributed by atoms with Gasteiger partial charge in [0.1, 0.15) is 5.75 Å². The summed E-state index contributed by atoms with van der Waals surface area (Å²) in [5.74, 6) is 0.338. The van der Waals surface area contributed by atoms with Crippen LogP contribution < -0.4 is 10.1 Å². The first-order valence-corrected chi connectivity index (χ1v) is 8.11. The second-order valence-corrected chi connectivity index (χ2v) is 6.03. The molecule has 0 aliphatic rings. The van der Waals surface area contributed by atoms with E-state index in [2.05, 4.69) is 5.32 Å². The molecule has 0 saturated heterocycles. The molecule has 0 aliphatic heterocycles. The molecular weight excluding hydrogens is 320 g/mol.